The maximum atomic E-state index is 11.8. The van der Waals surface area contributed by atoms with Crippen LogP contribution in [0.1, 0.15) is 41.1 Å². The van der Waals surface area contributed by atoms with Crippen LogP contribution in [-0.2, 0) is 6.54 Å². The number of rotatable bonds is 3. The second-order valence-electron chi connectivity index (χ2n) is 5.28. The number of carbonyl (C=O) groups excluding carboxylic acids is 1. The minimum absolute atomic E-state index is 0.258. The summed E-state index contributed by atoms with van der Waals surface area (Å²) in [5.41, 5.74) is 4.40. The summed E-state index contributed by atoms with van der Waals surface area (Å²) < 4.78 is 2.16. The topological polar surface area (TPSA) is 34.0 Å². The van der Waals surface area contributed by atoms with Crippen LogP contribution in [0.2, 0.25) is 0 Å². The van der Waals surface area contributed by atoms with Gasteiger partial charge in [0.15, 0.2) is 5.78 Å². The second-order valence-corrected chi connectivity index (χ2v) is 5.28. The van der Waals surface area contributed by atoms with E-state index in [0.717, 1.165) is 17.9 Å². The van der Waals surface area contributed by atoms with Crippen molar-refractivity contribution in [2.75, 3.05) is 5.32 Å². The van der Waals surface area contributed by atoms with Gasteiger partial charge in [-0.05, 0) is 38.1 Å². The van der Waals surface area contributed by atoms with Crippen LogP contribution < -0.4 is 5.32 Å². The molecule has 1 aliphatic rings. The minimum atomic E-state index is 0.258. The van der Waals surface area contributed by atoms with Gasteiger partial charge in [-0.1, -0.05) is 17.7 Å². The molecule has 0 saturated heterocycles. The van der Waals surface area contributed by atoms with Crippen molar-refractivity contribution in [3.05, 3.63) is 53.3 Å². The first kappa shape index (κ1) is 12.0. The lowest BCUT2D eigenvalue weighted by molar-refractivity contribution is 0.0990. The van der Waals surface area contributed by atoms with E-state index in [4.69, 9.17) is 0 Å². The average Bonchev–Trinajstić information content (AvgIpc) is 2.92. The first-order valence-corrected chi connectivity index (χ1v) is 6.69. The summed E-state index contributed by atoms with van der Waals surface area (Å²) in [6.45, 7) is 4.93. The Morgan fingerprint density at radius 3 is 2.68 bits per heavy atom. The number of hydrogen-bond donors (Lipinski definition) is 1. The van der Waals surface area contributed by atoms with Crippen molar-refractivity contribution in [2.45, 2.75) is 32.9 Å². The number of aryl methyl sites for hydroxylation is 1. The molecule has 2 heterocycles. The molecule has 3 rings (SSSR count). The third-order valence-corrected chi connectivity index (χ3v) is 3.74. The predicted octanol–water partition coefficient (Wildman–Crippen LogP) is 3.56. The smallest absolute Gasteiger partial charge is 0.181 e. The van der Waals surface area contributed by atoms with Crippen molar-refractivity contribution in [3.63, 3.8) is 0 Å². The summed E-state index contributed by atoms with van der Waals surface area (Å²) in [5, 5.41) is 3.41. The third kappa shape index (κ3) is 2.16. The molecule has 0 amide bonds. The zero-order chi connectivity index (χ0) is 13.4. The van der Waals surface area contributed by atoms with E-state index in [1.54, 1.807) is 0 Å². The molecule has 19 heavy (non-hydrogen) atoms. The van der Waals surface area contributed by atoms with E-state index in [-0.39, 0.29) is 11.8 Å². The van der Waals surface area contributed by atoms with Gasteiger partial charge in [-0.25, -0.2) is 0 Å². The number of nitrogens with zero attached hydrogens (tertiary/aromatic N) is 1. The Kier molecular flexibility index (Phi) is 2.90. The van der Waals surface area contributed by atoms with Gasteiger partial charge >= 0.3 is 0 Å². The zero-order valence-corrected chi connectivity index (χ0v) is 11.3. The lowest BCUT2D eigenvalue weighted by Gasteiger charge is -2.13. The van der Waals surface area contributed by atoms with Crippen molar-refractivity contribution in [3.8, 4) is 0 Å². The van der Waals surface area contributed by atoms with Crippen LogP contribution in [0.15, 0.2) is 36.4 Å². The molecular weight excluding hydrogens is 236 g/mol. The highest BCUT2D eigenvalue weighted by atomic mass is 16.1. The molecule has 0 radical (unpaired) electrons. The van der Waals surface area contributed by atoms with Crippen LogP contribution in [0.4, 0.5) is 5.69 Å². The lowest BCUT2D eigenvalue weighted by Crippen LogP contribution is -2.08. The van der Waals surface area contributed by atoms with E-state index in [2.05, 4.69) is 48.0 Å². The van der Waals surface area contributed by atoms with Crippen molar-refractivity contribution in [1.82, 2.24) is 4.57 Å². The fraction of sp³-hybridized carbons (Fsp3) is 0.312. The van der Waals surface area contributed by atoms with Gasteiger partial charge in [-0.2, -0.15) is 0 Å². The second kappa shape index (κ2) is 4.57. The molecule has 1 N–H and O–H groups in total. The number of carbonyl (C=O) groups is 1. The van der Waals surface area contributed by atoms with Gasteiger partial charge in [0.05, 0.1) is 12.2 Å². The third-order valence-electron chi connectivity index (χ3n) is 3.74. The number of Topliss-reactive ketones (excluding diaryl/α,β-unsaturated/α-hetero) is 1. The first-order chi connectivity index (χ1) is 9.15. The first-order valence-electron chi connectivity index (χ1n) is 6.69. The molecule has 0 saturated carbocycles. The van der Waals surface area contributed by atoms with Gasteiger partial charge in [-0.15, -0.1) is 0 Å². The van der Waals surface area contributed by atoms with E-state index >= 15 is 0 Å². The molecule has 0 bridgehead atoms. The Morgan fingerprint density at radius 2 is 1.95 bits per heavy atom. The van der Waals surface area contributed by atoms with Crippen LogP contribution in [0.25, 0.3) is 0 Å². The van der Waals surface area contributed by atoms with E-state index in [1.165, 1.54) is 11.3 Å². The largest absolute Gasteiger partial charge is 0.379 e. The van der Waals surface area contributed by atoms with Gasteiger partial charge in [0.1, 0.15) is 0 Å². The summed E-state index contributed by atoms with van der Waals surface area (Å²) in [6.07, 6.45) is 0.633. The van der Waals surface area contributed by atoms with E-state index in [0.29, 0.717) is 6.42 Å². The molecule has 1 aromatic heterocycles. The summed E-state index contributed by atoms with van der Waals surface area (Å²) in [7, 11) is 0. The number of ketones is 1. The molecule has 1 unspecified atom stereocenters. The molecular formula is C16H18N2O. The molecule has 3 nitrogen and oxygen atoms in total. The molecule has 0 fully saturated rings. The fourth-order valence-corrected chi connectivity index (χ4v) is 2.71. The molecule has 1 aromatic carbocycles. The van der Waals surface area contributed by atoms with Gasteiger partial charge in [0.2, 0.25) is 0 Å². The lowest BCUT2D eigenvalue weighted by atomic mass is 10.2. The number of benzene rings is 1. The Hall–Kier alpha value is -2.03. The Labute approximate surface area is 113 Å². The average molecular weight is 254 g/mol. The number of fused-ring (bicyclic) bond motifs is 1. The zero-order valence-electron chi connectivity index (χ0n) is 11.3. The standard InChI is InChI=1S/C16H18N2O/c1-11-3-5-13(6-4-11)17-10-14-7-8-15-16(19)9-12(2)18(14)15/h3-8,12,17H,9-10H2,1-2H3. The number of nitrogens with one attached hydrogen (secondary N) is 1. The van der Waals surface area contributed by atoms with Crippen LogP contribution in [0.3, 0.4) is 0 Å². The SMILES string of the molecule is Cc1ccc(NCc2ccc3n2C(C)CC3=O)cc1. The molecule has 3 heteroatoms. The molecule has 2 aromatic rings. The van der Waals surface area contributed by atoms with Crippen LogP contribution in [0.5, 0.6) is 0 Å². The van der Waals surface area contributed by atoms with E-state index in [1.807, 2.05) is 12.1 Å². The van der Waals surface area contributed by atoms with E-state index in [9.17, 15) is 4.79 Å². The molecule has 0 aliphatic carbocycles. The van der Waals surface area contributed by atoms with Crippen molar-refractivity contribution < 1.29 is 4.79 Å². The number of aromatic nitrogens is 1. The van der Waals surface area contributed by atoms with Gasteiger partial charge < -0.3 is 9.88 Å². The van der Waals surface area contributed by atoms with Crippen LogP contribution >= 0.6 is 0 Å². The maximum absolute atomic E-state index is 11.8. The molecule has 1 aliphatic heterocycles. The number of hydrogen-bond acceptors (Lipinski definition) is 2. The van der Waals surface area contributed by atoms with Crippen molar-refractivity contribution in [1.29, 1.82) is 0 Å². The van der Waals surface area contributed by atoms with Gasteiger partial charge in [0, 0.05) is 23.8 Å². The highest BCUT2D eigenvalue weighted by Crippen LogP contribution is 2.28. The van der Waals surface area contributed by atoms with Crippen molar-refractivity contribution in [2.24, 2.45) is 0 Å². The Bertz CT molecular complexity index is 610. The predicted molar refractivity (Wildman–Crippen MR) is 76.6 cm³/mol. The Morgan fingerprint density at radius 1 is 1.21 bits per heavy atom. The maximum Gasteiger partial charge on any atom is 0.181 e. The van der Waals surface area contributed by atoms with Crippen LogP contribution in [-0.4, -0.2) is 10.4 Å². The summed E-state index contributed by atoms with van der Waals surface area (Å²) in [5.74, 6) is 0.258. The monoisotopic (exact) mass is 254 g/mol. The summed E-state index contributed by atoms with van der Waals surface area (Å²) >= 11 is 0. The quantitative estimate of drug-likeness (QED) is 0.908. The van der Waals surface area contributed by atoms with E-state index < -0.39 is 0 Å². The molecule has 0 spiro atoms. The van der Waals surface area contributed by atoms with Crippen molar-refractivity contribution >= 4 is 11.5 Å². The minimum Gasteiger partial charge on any atom is -0.379 e. The highest BCUT2D eigenvalue weighted by Gasteiger charge is 2.27. The number of anilines is 1. The van der Waals surface area contributed by atoms with Gasteiger partial charge in [0.25, 0.3) is 0 Å². The summed E-state index contributed by atoms with van der Waals surface area (Å²) in [4.78, 5) is 11.8. The fourth-order valence-electron chi connectivity index (χ4n) is 2.71. The van der Waals surface area contributed by atoms with Gasteiger partial charge in [-0.3, -0.25) is 4.79 Å². The summed E-state index contributed by atoms with van der Waals surface area (Å²) in [6, 6.07) is 12.6. The molecule has 98 valence electrons. The highest BCUT2D eigenvalue weighted by molar-refractivity contribution is 5.97. The Balaban J connectivity index is 1.76. The van der Waals surface area contributed by atoms with Crippen LogP contribution in [0, 0.1) is 6.92 Å². The normalized spacial score (nSPS) is 17.6. The molecule has 1 atom stereocenters.